The second-order valence-corrected chi connectivity index (χ2v) is 4.93. The lowest BCUT2D eigenvalue weighted by atomic mass is 10.0. The van der Waals surface area contributed by atoms with Gasteiger partial charge in [0, 0.05) is 11.1 Å². The third-order valence-corrected chi connectivity index (χ3v) is 3.64. The average molecular weight is 311 g/mol. The summed E-state index contributed by atoms with van der Waals surface area (Å²) >= 11 is 0. The van der Waals surface area contributed by atoms with Crippen molar-refractivity contribution in [2.75, 3.05) is 14.2 Å². The zero-order chi connectivity index (χ0) is 16.2. The van der Waals surface area contributed by atoms with Gasteiger partial charge in [0.25, 0.3) is 0 Å². The maximum absolute atomic E-state index is 9.83. The van der Waals surface area contributed by atoms with Crippen molar-refractivity contribution in [1.82, 2.24) is 5.16 Å². The number of aromatic nitrogens is 1. The molecule has 3 aromatic rings. The summed E-state index contributed by atoms with van der Waals surface area (Å²) < 4.78 is 16.2. The van der Waals surface area contributed by atoms with Crippen molar-refractivity contribution in [2.24, 2.45) is 0 Å². The predicted octanol–water partition coefficient (Wildman–Crippen LogP) is 3.52. The van der Waals surface area contributed by atoms with Crippen molar-refractivity contribution in [3.8, 4) is 34.1 Å². The third-order valence-electron chi connectivity index (χ3n) is 3.64. The summed E-state index contributed by atoms with van der Waals surface area (Å²) in [5, 5.41) is 14.0. The highest BCUT2D eigenvalue weighted by Gasteiger charge is 2.21. The molecule has 23 heavy (non-hydrogen) atoms. The SMILES string of the molecule is COc1ccc(OC)c(-c2noc(-c3ccccc3)c2CO)c1. The smallest absolute Gasteiger partial charge is 0.173 e. The summed E-state index contributed by atoms with van der Waals surface area (Å²) in [5.41, 5.74) is 2.73. The van der Waals surface area contributed by atoms with E-state index in [0.29, 0.717) is 34.1 Å². The molecule has 1 aromatic heterocycles. The molecule has 2 aromatic carbocycles. The summed E-state index contributed by atoms with van der Waals surface area (Å²) in [7, 11) is 3.18. The zero-order valence-corrected chi connectivity index (χ0v) is 12.9. The summed E-state index contributed by atoms with van der Waals surface area (Å²) in [6, 6.07) is 15.0. The Labute approximate surface area is 134 Å². The number of nitrogens with zero attached hydrogens (tertiary/aromatic N) is 1. The van der Waals surface area contributed by atoms with E-state index in [-0.39, 0.29) is 6.61 Å². The molecule has 0 radical (unpaired) electrons. The lowest BCUT2D eigenvalue weighted by Crippen LogP contribution is -1.94. The number of rotatable bonds is 5. The van der Waals surface area contributed by atoms with E-state index in [0.717, 1.165) is 5.56 Å². The number of aliphatic hydroxyl groups excluding tert-OH is 1. The Morgan fingerprint density at radius 2 is 1.83 bits per heavy atom. The average Bonchev–Trinajstić information content (AvgIpc) is 3.05. The maximum atomic E-state index is 9.83. The molecule has 0 saturated heterocycles. The van der Waals surface area contributed by atoms with Gasteiger partial charge in [-0.15, -0.1) is 0 Å². The van der Waals surface area contributed by atoms with Crippen LogP contribution in [-0.4, -0.2) is 24.5 Å². The number of ether oxygens (including phenoxy) is 2. The lowest BCUT2D eigenvalue weighted by molar-refractivity contribution is 0.281. The normalized spacial score (nSPS) is 10.6. The van der Waals surface area contributed by atoms with E-state index in [1.54, 1.807) is 26.4 Å². The van der Waals surface area contributed by atoms with Crippen molar-refractivity contribution in [3.63, 3.8) is 0 Å². The van der Waals surface area contributed by atoms with Gasteiger partial charge in [0.1, 0.15) is 17.2 Å². The molecular formula is C18H17NO4. The van der Waals surface area contributed by atoms with Crippen molar-refractivity contribution >= 4 is 0 Å². The van der Waals surface area contributed by atoms with E-state index >= 15 is 0 Å². The van der Waals surface area contributed by atoms with Crippen LogP contribution in [0.25, 0.3) is 22.6 Å². The first kappa shape index (κ1) is 15.1. The highest BCUT2D eigenvalue weighted by molar-refractivity contribution is 5.76. The van der Waals surface area contributed by atoms with Gasteiger partial charge in [-0.1, -0.05) is 35.5 Å². The second-order valence-electron chi connectivity index (χ2n) is 4.93. The highest BCUT2D eigenvalue weighted by atomic mass is 16.5. The Morgan fingerprint density at radius 1 is 1.04 bits per heavy atom. The minimum absolute atomic E-state index is 0.191. The van der Waals surface area contributed by atoms with Crippen molar-refractivity contribution in [3.05, 3.63) is 54.1 Å². The number of aliphatic hydroxyl groups is 1. The van der Waals surface area contributed by atoms with Crippen LogP contribution in [0.1, 0.15) is 5.56 Å². The van der Waals surface area contributed by atoms with E-state index in [1.807, 2.05) is 36.4 Å². The zero-order valence-electron chi connectivity index (χ0n) is 12.9. The predicted molar refractivity (Wildman–Crippen MR) is 86.4 cm³/mol. The molecule has 0 atom stereocenters. The Hall–Kier alpha value is -2.79. The van der Waals surface area contributed by atoms with Gasteiger partial charge < -0.3 is 19.1 Å². The molecule has 0 fully saturated rings. The Kier molecular flexibility index (Phi) is 4.30. The van der Waals surface area contributed by atoms with Crippen molar-refractivity contribution in [1.29, 1.82) is 0 Å². The molecule has 0 spiro atoms. The molecule has 0 aliphatic carbocycles. The highest BCUT2D eigenvalue weighted by Crippen LogP contribution is 2.38. The number of methoxy groups -OCH3 is 2. The van der Waals surface area contributed by atoms with Gasteiger partial charge in [-0.05, 0) is 18.2 Å². The summed E-state index contributed by atoms with van der Waals surface area (Å²) in [5.74, 6) is 1.86. The first-order valence-corrected chi connectivity index (χ1v) is 7.15. The topological polar surface area (TPSA) is 64.7 Å². The fourth-order valence-electron chi connectivity index (χ4n) is 2.48. The van der Waals surface area contributed by atoms with Crippen LogP contribution in [-0.2, 0) is 6.61 Å². The molecule has 1 heterocycles. The van der Waals surface area contributed by atoms with E-state index in [9.17, 15) is 5.11 Å². The second kappa shape index (κ2) is 6.54. The minimum atomic E-state index is -0.191. The Morgan fingerprint density at radius 3 is 2.48 bits per heavy atom. The van der Waals surface area contributed by atoms with Crippen molar-refractivity contribution in [2.45, 2.75) is 6.61 Å². The van der Waals surface area contributed by atoms with Gasteiger partial charge in [0.2, 0.25) is 0 Å². The van der Waals surface area contributed by atoms with Gasteiger partial charge in [-0.25, -0.2) is 0 Å². The molecule has 0 unspecified atom stereocenters. The van der Waals surface area contributed by atoms with Crippen molar-refractivity contribution < 1.29 is 19.1 Å². The number of hydrogen-bond acceptors (Lipinski definition) is 5. The van der Waals surface area contributed by atoms with Gasteiger partial charge in [0.15, 0.2) is 5.76 Å². The first-order chi connectivity index (χ1) is 11.3. The summed E-state index contributed by atoms with van der Waals surface area (Å²) in [6.45, 7) is -0.191. The van der Waals surface area contributed by atoms with Crippen LogP contribution in [0.3, 0.4) is 0 Å². The number of hydrogen-bond donors (Lipinski definition) is 1. The molecule has 5 nitrogen and oxygen atoms in total. The minimum Gasteiger partial charge on any atom is -0.497 e. The van der Waals surface area contributed by atoms with Crippen LogP contribution < -0.4 is 9.47 Å². The third kappa shape index (κ3) is 2.78. The maximum Gasteiger partial charge on any atom is 0.173 e. The Bertz CT molecular complexity index is 796. The molecular weight excluding hydrogens is 294 g/mol. The van der Waals surface area contributed by atoms with E-state index < -0.39 is 0 Å². The standard InChI is InChI=1S/C18H17NO4/c1-21-13-8-9-16(22-2)14(10-13)17-15(11-20)18(23-19-17)12-6-4-3-5-7-12/h3-10,20H,11H2,1-2H3. The van der Waals surface area contributed by atoms with Gasteiger partial charge in [-0.3, -0.25) is 0 Å². The summed E-state index contributed by atoms with van der Waals surface area (Å²) in [4.78, 5) is 0. The molecule has 0 amide bonds. The molecule has 0 aliphatic heterocycles. The monoisotopic (exact) mass is 311 g/mol. The molecule has 118 valence electrons. The van der Waals surface area contributed by atoms with E-state index in [2.05, 4.69) is 5.16 Å². The summed E-state index contributed by atoms with van der Waals surface area (Å²) in [6.07, 6.45) is 0. The van der Waals surface area contributed by atoms with Gasteiger partial charge in [0.05, 0.1) is 26.4 Å². The fraction of sp³-hybridized carbons (Fsp3) is 0.167. The molecule has 3 rings (SSSR count). The van der Waals surface area contributed by atoms with Crippen LogP contribution in [0.15, 0.2) is 53.1 Å². The van der Waals surface area contributed by atoms with E-state index in [1.165, 1.54) is 0 Å². The first-order valence-electron chi connectivity index (χ1n) is 7.15. The molecule has 0 aliphatic rings. The number of benzene rings is 2. The van der Waals surface area contributed by atoms with Gasteiger partial charge in [-0.2, -0.15) is 0 Å². The molecule has 1 N–H and O–H groups in total. The molecule has 0 saturated carbocycles. The van der Waals surface area contributed by atoms with Crippen LogP contribution in [0.4, 0.5) is 0 Å². The largest absolute Gasteiger partial charge is 0.497 e. The quantitative estimate of drug-likeness (QED) is 0.781. The lowest BCUT2D eigenvalue weighted by Gasteiger charge is -2.09. The van der Waals surface area contributed by atoms with Crippen LogP contribution in [0, 0.1) is 0 Å². The molecule has 0 bridgehead atoms. The Balaban J connectivity index is 2.16. The van der Waals surface area contributed by atoms with Crippen LogP contribution in [0.2, 0.25) is 0 Å². The van der Waals surface area contributed by atoms with Crippen LogP contribution in [0.5, 0.6) is 11.5 Å². The van der Waals surface area contributed by atoms with Gasteiger partial charge >= 0.3 is 0 Å². The fourth-order valence-corrected chi connectivity index (χ4v) is 2.48. The molecule has 5 heteroatoms. The van der Waals surface area contributed by atoms with E-state index in [4.69, 9.17) is 14.0 Å². The van der Waals surface area contributed by atoms with Crippen LogP contribution >= 0.6 is 0 Å².